The van der Waals surface area contributed by atoms with E-state index in [1.54, 1.807) is 30.3 Å². The van der Waals surface area contributed by atoms with E-state index in [4.69, 9.17) is 20.8 Å². The summed E-state index contributed by atoms with van der Waals surface area (Å²) < 4.78 is 10.1. The predicted octanol–water partition coefficient (Wildman–Crippen LogP) is 3.62. The van der Waals surface area contributed by atoms with Crippen molar-refractivity contribution in [1.82, 2.24) is 5.43 Å². The van der Waals surface area contributed by atoms with Crippen molar-refractivity contribution < 1.29 is 23.8 Å². The third-order valence-electron chi connectivity index (χ3n) is 3.40. The molecule has 3 rings (SSSR count). The molecular weight excluding hydrogens is 372 g/mol. The summed E-state index contributed by atoms with van der Waals surface area (Å²) in [6, 6.07) is 13.7. The number of carbonyl (C=O) groups is 2. The van der Waals surface area contributed by atoms with E-state index < -0.39 is 11.9 Å². The number of hydrogen-bond donors (Lipinski definition) is 2. The van der Waals surface area contributed by atoms with Crippen molar-refractivity contribution in [3.63, 3.8) is 0 Å². The molecule has 0 radical (unpaired) electrons. The monoisotopic (exact) mass is 384 g/mol. The minimum atomic E-state index is -0.602. The molecule has 136 valence electrons. The molecule has 2 aromatic carbocycles. The van der Waals surface area contributed by atoms with E-state index in [-0.39, 0.29) is 17.1 Å². The minimum Gasteiger partial charge on any atom is -0.507 e. The summed E-state index contributed by atoms with van der Waals surface area (Å²) in [5.41, 5.74) is 2.96. The molecule has 1 amide bonds. The Balaban J connectivity index is 1.58. The summed E-state index contributed by atoms with van der Waals surface area (Å²) in [5.74, 6) is -0.964. The van der Waals surface area contributed by atoms with E-state index in [0.717, 1.165) is 0 Å². The fourth-order valence-corrected chi connectivity index (χ4v) is 2.26. The number of halogens is 1. The molecule has 27 heavy (non-hydrogen) atoms. The number of aromatic hydroxyl groups is 1. The predicted molar refractivity (Wildman–Crippen MR) is 98.3 cm³/mol. The SMILES string of the molecule is O=C(Oc1ccc(/C=N/NC(=O)c2cc(Cl)ccc2O)cc1)c1ccco1. The van der Waals surface area contributed by atoms with E-state index in [0.29, 0.717) is 16.3 Å². The van der Waals surface area contributed by atoms with Crippen LogP contribution in [-0.2, 0) is 0 Å². The molecule has 0 aliphatic rings. The molecule has 2 N–H and O–H groups in total. The normalized spacial score (nSPS) is 10.7. The van der Waals surface area contributed by atoms with Crippen molar-refractivity contribution in [2.45, 2.75) is 0 Å². The Kier molecular flexibility index (Phi) is 5.53. The van der Waals surface area contributed by atoms with Gasteiger partial charge in [0.05, 0.1) is 18.0 Å². The second-order valence-corrected chi connectivity index (χ2v) is 5.73. The molecule has 0 unspecified atom stereocenters. The number of hydrogen-bond acceptors (Lipinski definition) is 6. The number of benzene rings is 2. The van der Waals surface area contributed by atoms with Crippen LogP contribution < -0.4 is 10.2 Å². The van der Waals surface area contributed by atoms with Gasteiger partial charge in [0.1, 0.15) is 11.5 Å². The van der Waals surface area contributed by atoms with Gasteiger partial charge in [-0.3, -0.25) is 4.79 Å². The molecule has 1 aromatic heterocycles. The molecule has 8 heteroatoms. The molecular formula is C19H13ClN2O5. The number of rotatable bonds is 5. The number of carbonyl (C=O) groups excluding carboxylic acids is 2. The first-order chi connectivity index (χ1) is 13.0. The zero-order valence-electron chi connectivity index (χ0n) is 13.8. The topological polar surface area (TPSA) is 101 Å². The van der Waals surface area contributed by atoms with E-state index in [1.165, 1.54) is 36.7 Å². The average Bonchev–Trinajstić information content (AvgIpc) is 3.20. The fourth-order valence-electron chi connectivity index (χ4n) is 2.09. The second kappa shape index (κ2) is 8.20. The number of phenolic OH excluding ortho intramolecular Hbond substituents is 1. The Labute approximate surface area is 158 Å². The first kappa shape index (κ1) is 18.2. The van der Waals surface area contributed by atoms with Crippen molar-refractivity contribution in [2.24, 2.45) is 5.10 Å². The second-order valence-electron chi connectivity index (χ2n) is 5.30. The Hall–Kier alpha value is -3.58. The van der Waals surface area contributed by atoms with Gasteiger partial charge in [-0.2, -0.15) is 5.10 Å². The van der Waals surface area contributed by atoms with Crippen LogP contribution >= 0.6 is 11.6 Å². The van der Waals surface area contributed by atoms with Crippen LogP contribution in [0.1, 0.15) is 26.5 Å². The van der Waals surface area contributed by atoms with E-state index >= 15 is 0 Å². The number of furan rings is 1. The summed E-state index contributed by atoms with van der Waals surface area (Å²) in [6.07, 6.45) is 2.78. The van der Waals surface area contributed by atoms with Crippen LogP contribution in [0.3, 0.4) is 0 Å². The lowest BCUT2D eigenvalue weighted by Crippen LogP contribution is -2.17. The third-order valence-corrected chi connectivity index (χ3v) is 3.63. The van der Waals surface area contributed by atoms with Crippen LogP contribution in [0.15, 0.2) is 70.4 Å². The summed E-state index contributed by atoms with van der Waals surface area (Å²) in [5, 5.41) is 13.8. The van der Waals surface area contributed by atoms with E-state index in [1.807, 2.05) is 0 Å². The molecule has 0 saturated carbocycles. The van der Waals surface area contributed by atoms with Crippen molar-refractivity contribution in [3.05, 3.63) is 82.8 Å². The summed E-state index contributed by atoms with van der Waals surface area (Å²) >= 11 is 5.80. The zero-order chi connectivity index (χ0) is 19.2. The molecule has 1 heterocycles. The lowest BCUT2D eigenvalue weighted by molar-refractivity contribution is 0.0701. The van der Waals surface area contributed by atoms with Crippen molar-refractivity contribution in [2.75, 3.05) is 0 Å². The molecule has 0 atom stereocenters. The van der Waals surface area contributed by atoms with Gasteiger partial charge in [-0.1, -0.05) is 11.6 Å². The number of ether oxygens (including phenoxy) is 1. The van der Waals surface area contributed by atoms with Crippen molar-refractivity contribution >= 4 is 29.7 Å². The molecule has 0 aliphatic carbocycles. The van der Waals surface area contributed by atoms with Gasteiger partial charge in [0, 0.05) is 5.02 Å². The van der Waals surface area contributed by atoms with Crippen LogP contribution in [0.25, 0.3) is 0 Å². The first-order valence-corrected chi connectivity index (χ1v) is 8.08. The first-order valence-electron chi connectivity index (χ1n) is 7.70. The maximum Gasteiger partial charge on any atom is 0.379 e. The number of hydrazone groups is 1. The van der Waals surface area contributed by atoms with Crippen LogP contribution in [-0.4, -0.2) is 23.2 Å². The van der Waals surface area contributed by atoms with Gasteiger partial charge >= 0.3 is 5.97 Å². The maximum absolute atomic E-state index is 12.0. The van der Waals surface area contributed by atoms with Crippen molar-refractivity contribution in [1.29, 1.82) is 0 Å². The van der Waals surface area contributed by atoms with Gasteiger partial charge in [-0.15, -0.1) is 0 Å². The highest BCUT2D eigenvalue weighted by atomic mass is 35.5. The Bertz CT molecular complexity index is 982. The Morgan fingerprint density at radius 3 is 2.63 bits per heavy atom. The molecule has 0 spiro atoms. The van der Waals surface area contributed by atoms with E-state index in [2.05, 4.69) is 10.5 Å². The van der Waals surface area contributed by atoms with Crippen LogP contribution in [0.2, 0.25) is 5.02 Å². The molecule has 0 fully saturated rings. The summed E-state index contributed by atoms with van der Waals surface area (Å²) in [4.78, 5) is 23.8. The van der Waals surface area contributed by atoms with Crippen LogP contribution in [0.4, 0.5) is 0 Å². The number of esters is 1. The quantitative estimate of drug-likeness (QED) is 0.303. The van der Waals surface area contributed by atoms with Gasteiger partial charge in [0.2, 0.25) is 5.76 Å². The highest BCUT2D eigenvalue weighted by molar-refractivity contribution is 6.31. The molecule has 7 nitrogen and oxygen atoms in total. The lowest BCUT2D eigenvalue weighted by atomic mass is 10.2. The van der Waals surface area contributed by atoms with Gasteiger partial charge in [0.25, 0.3) is 5.91 Å². The number of nitrogens with one attached hydrogen (secondary N) is 1. The van der Waals surface area contributed by atoms with Gasteiger partial charge < -0.3 is 14.3 Å². The smallest absolute Gasteiger partial charge is 0.379 e. The van der Waals surface area contributed by atoms with Gasteiger partial charge in [0.15, 0.2) is 0 Å². The van der Waals surface area contributed by atoms with Crippen LogP contribution in [0, 0.1) is 0 Å². The summed E-state index contributed by atoms with van der Waals surface area (Å²) in [7, 11) is 0. The van der Waals surface area contributed by atoms with Gasteiger partial charge in [-0.05, 0) is 60.2 Å². The summed E-state index contributed by atoms with van der Waals surface area (Å²) in [6.45, 7) is 0. The minimum absolute atomic E-state index is 0.0137. The number of amides is 1. The molecule has 0 aliphatic heterocycles. The number of phenols is 1. The molecule has 0 bridgehead atoms. The molecule has 3 aromatic rings. The highest BCUT2D eigenvalue weighted by Crippen LogP contribution is 2.21. The van der Waals surface area contributed by atoms with Crippen LogP contribution in [0.5, 0.6) is 11.5 Å². The van der Waals surface area contributed by atoms with E-state index in [9.17, 15) is 14.7 Å². The third kappa shape index (κ3) is 4.74. The largest absolute Gasteiger partial charge is 0.507 e. The standard InChI is InChI=1S/C19H13ClN2O5/c20-13-5-8-16(23)15(10-13)18(24)22-21-11-12-3-6-14(7-4-12)27-19(25)17-2-1-9-26-17/h1-11,23H,(H,22,24)/b21-11+. The van der Waals surface area contributed by atoms with Crippen molar-refractivity contribution in [3.8, 4) is 11.5 Å². The highest BCUT2D eigenvalue weighted by Gasteiger charge is 2.12. The Morgan fingerprint density at radius 1 is 1.15 bits per heavy atom. The number of nitrogens with zero attached hydrogens (tertiary/aromatic N) is 1. The maximum atomic E-state index is 12.0. The Morgan fingerprint density at radius 2 is 1.93 bits per heavy atom. The average molecular weight is 385 g/mol. The molecule has 0 saturated heterocycles. The lowest BCUT2D eigenvalue weighted by Gasteiger charge is -2.04. The fraction of sp³-hybridized carbons (Fsp3) is 0. The van der Waals surface area contributed by atoms with Gasteiger partial charge in [-0.25, -0.2) is 10.2 Å². The zero-order valence-corrected chi connectivity index (χ0v) is 14.5.